The minimum Gasteiger partial charge on any atom is -0.353 e. The summed E-state index contributed by atoms with van der Waals surface area (Å²) in [5.74, 6) is 0.351. The van der Waals surface area contributed by atoms with Crippen LogP contribution in [0.3, 0.4) is 0 Å². The highest BCUT2D eigenvalue weighted by atomic mass is 16.2. The summed E-state index contributed by atoms with van der Waals surface area (Å²) in [4.78, 5) is 42.4. The molecule has 2 fully saturated rings. The summed E-state index contributed by atoms with van der Waals surface area (Å²) >= 11 is 0. The molecule has 0 spiro atoms. The van der Waals surface area contributed by atoms with E-state index in [4.69, 9.17) is 0 Å². The number of hydrogen-bond acceptors (Lipinski definition) is 4. The molecule has 0 radical (unpaired) electrons. The predicted molar refractivity (Wildman–Crippen MR) is 133 cm³/mol. The number of imide groups is 1. The Hall–Kier alpha value is -2.73. The Bertz CT molecular complexity index is 1020. The molecule has 2 aliphatic heterocycles. The van der Waals surface area contributed by atoms with Crippen LogP contribution >= 0.6 is 0 Å². The number of nitrogens with zero attached hydrogens (tertiary/aromatic N) is 2. The largest absolute Gasteiger partial charge is 0.353 e. The Morgan fingerprint density at radius 1 is 0.882 bits per heavy atom. The SMILES string of the molecule is O=C(CCCN1C(=O)c2cccc3cccc(c23)C1=O)NC1CCN(CC2CCCCC2)CC1. The Morgan fingerprint density at radius 3 is 2.18 bits per heavy atom. The highest BCUT2D eigenvalue weighted by Gasteiger charge is 2.32. The fraction of sp³-hybridized carbons (Fsp3) is 0.536. The van der Waals surface area contributed by atoms with E-state index in [1.54, 1.807) is 12.1 Å². The van der Waals surface area contributed by atoms with Gasteiger partial charge in [0, 0.05) is 55.2 Å². The third kappa shape index (κ3) is 4.88. The molecule has 2 heterocycles. The number of hydrogen-bond donors (Lipinski definition) is 1. The van der Waals surface area contributed by atoms with Crippen molar-refractivity contribution in [2.45, 2.75) is 63.8 Å². The Balaban J connectivity index is 1.08. The summed E-state index contributed by atoms with van der Waals surface area (Å²) in [6.45, 7) is 3.59. The average Bonchev–Trinajstić information content (AvgIpc) is 2.86. The maximum absolute atomic E-state index is 13.0. The number of piperidine rings is 1. The van der Waals surface area contributed by atoms with Crippen molar-refractivity contribution in [1.29, 1.82) is 0 Å². The first-order valence-corrected chi connectivity index (χ1v) is 13.0. The average molecular weight is 462 g/mol. The molecule has 0 aromatic heterocycles. The zero-order valence-electron chi connectivity index (χ0n) is 19.9. The molecule has 3 amide bonds. The van der Waals surface area contributed by atoms with Crippen molar-refractivity contribution >= 4 is 28.5 Å². The number of nitrogens with one attached hydrogen (secondary N) is 1. The normalized spacial score (nSPS) is 20.2. The van der Waals surface area contributed by atoms with Gasteiger partial charge in [0.2, 0.25) is 5.91 Å². The quantitative estimate of drug-likeness (QED) is 0.622. The zero-order chi connectivity index (χ0) is 23.5. The molecule has 2 aromatic carbocycles. The molecule has 6 nitrogen and oxygen atoms in total. The van der Waals surface area contributed by atoms with Crippen molar-refractivity contribution in [1.82, 2.24) is 15.1 Å². The Morgan fingerprint density at radius 2 is 1.53 bits per heavy atom. The first-order valence-electron chi connectivity index (χ1n) is 13.0. The molecular formula is C28H35N3O3. The van der Waals surface area contributed by atoms with Gasteiger partial charge in [-0.1, -0.05) is 43.5 Å². The van der Waals surface area contributed by atoms with Crippen molar-refractivity contribution in [3.8, 4) is 0 Å². The lowest BCUT2D eigenvalue weighted by Crippen LogP contribution is -2.46. The van der Waals surface area contributed by atoms with Gasteiger partial charge in [0.05, 0.1) is 0 Å². The van der Waals surface area contributed by atoms with Crippen LogP contribution in [0.1, 0.15) is 78.5 Å². The van der Waals surface area contributed by atoms with Gasteiger partial charge in [-0.05, 0) is 55.5 Å². The lowest BCUT2D eigenvalue weighted by molar-refractivity contribution is -0.122. The fourth-order valence-electron chi connectivity index (χ4n) is 5.98. The molecule has 6 heteroatoms. The van der Waals surface area contributed by atoms with Crippen LogP contribution < -0.4 is 5.32 Å². The van der Waals surface area contributed by atoms with Crippen LogP contribution in [0.5, 0.6) is 0 Å². The van der Waals surface area contributed by atoms with E-state index in [2.05, 4.69) is 10.2 Å². The van der Waals surface area contributed by atoms with Gasteiger partial charge in [-0.15, -0.1) is 0 Å². The van der Waals surface area contributed by atoms with Gasteiger partial charge in [0.25, 0.3) is 11.8 Å². The van der Waals surface area contributed by atoms with Crippen molar-refractivity contribution in [2.24, 2.45) is 5.92 Å². The van der Waals surface area contributed by atoms with Crippen molar-refractivity contribution < 1.29 is 14.4 Å². The van der Waals surface area contributed by atoms with Gasteiger partial charge >= 0.3 is 0 Å². The molecule has 1 saturated heterocycles. The standard InChI is InChI=1S/C28H35N3O3/c32-25(29-22-14-17-30(18-15-22)19-20-7-2-1-3-8-20)13-6-16-31-27(33)23-11-4-9-21-10-5-12-24(26(21)23)28(31)34/h4-5,9-12,20,22H,1-3,6-8,13-19H2,(H,29,32). The molecule has 0 unspecified atom stereocenters. The number of rotatable bonds is 7. The summed E-state index contributed by atoms with van der Waals surface area (Å²) in [6.07, 6.45) is 9.72. The maximum atomic E-state index is 13.0. The first-order chi connectivity index (χ1) is 16.6. The lowest BCUT2D eigenvalue weighted by Gasteiger charge is -2.35. The summed E-state index contributed by atoms with van der Waals surface area (Å²) in [5, 5.41) is 4.82. The minimum atomic E-state index is -0.264. The topological polar surface area (TPSA) is 69.7 Å². The van der Waals surface area contributed by atoms with Gasteiger partial charge in [-0.3, -0.25) is 19.3 Å². The molecule has 180 valence electrons. The van der Waals surface area contributed by atoms with E-state index in [1.807, 2.05) is 24.3 Å². The van der Waals surface area contributed by atoms with Crippen molar-refractivity contribution in [3.05, 3.63) is 47.5 Å². The molecule has 0 atom stereocenters. The monoisotopic (exact) mass is 461 g/mol. The van der Waals surface area contributed by atoms with Crippen molar-refractivity contribution in [2.75, 3.05) is 26.2 Å². The van der Waals surface area contributed by atoms with Gasteiger partial charge in [-0.2, -0.15) is 0 Å². The van der Waals surface area contributed by atoms with Crippen molar-refractivity contribution in [3.63, 3.8) is 0 Å². The van der Waals surface area contributed by atoms with E-state index in [0.29, 0.717) is 24.0 Å². The summed E-state index contributed by atoms with van der Waals surface area (Å²) < 4.78 is 0. The van der Waals surface area contributed by atoms with Gasteiger partial charge < -0.3 is 10.2 Å². The molecule has 0 bridgehead atoms. The lowest BCUT2D eigenvalue weighted by atomic mass is 9.88. The molecular weight excluding hydrogens is 426 g/mol. The Kier molecular flexibility index (Phi) is 6.95. The highest BCUT2D eigenvalue weighted by molar-refractivity contribution is 6.25. The molecule has 3 aliphatic rings. The van der Waals surface area contributed by atoms with E-state index in [9.17, 15) is 14.4 Å². The fourth-order valence-corrected chi connectivity index (χ4v) is 5.98. The summed E-state index contributed by atoms with van der Waals surface area (Å²) in [5.41, 5.74) is 1.13. The van der Waals surface area contributed by atoms with E-state index in [-0.39, 0.29) is 30.3 Å². The second-order valence-electron chi connectivity index (χ2n) is 10.2. The number of carbonyl (C=O) groups is 3. The van der Waals surface area contributed by atoms with Crippen LogP contribution in [0.2, 0.25) is 0 Å². The third-order valence-corrected chi connectivity index (χ3v) is 7.84. The molecule has 1 N–H and O–H groups in total. The number of benzene rings is 2. The molecule has 5 rings (SSSR count). The van der Waals surface area contributed by atoms with E-state index >= 15 is 0 Å². The van der Waals surface area contributed by atoms with Crippen LogP contribution in [-0.2, 0) is 4.79 Å². The van der Waals surface area contributed by atoms with Gasteiger partial charge in [0.15, 0.2) is 0 Å². The molecule has 34 heavy (non-hydrogen) atoms. The first kappa shape index (κ1) is 23.0. The Labute approximate surface area is 201 Å². The minimum absolute atomic E-state index is 0.0186. The molecule has 1 aliphatic carbocycles. The van der Waals surface area contributed by atoms with Crippen LogP contribution in [0.25, 0.3) is 10.8 Å². The van der Waals surface area contributed by atoms with E-state index in [1.165, 1.54) is 43.5 Å². The predicted octanol–water partition coefficient (Wildman–Crippen LogP) is 4.38. The van der Waals surface area contributed by atoms with E-state index in [0.717, 1.165) is 42.6 Å². The van der Waals surface area contributed by atoms with Crippen LogP contribution in [0.15, 0.2) is 36.4 Å². The number of amides is 3. The molecule has 1 saturated carbocycles. The van der Waals surface area contributed by atoms with Crippen LogP contribution in [-0.4, -0.2) is 59.7 Å². The highest BCUT2D eigenvalue weighted by Crippen LogP contribution is 2.30. The summed E-state index contributed by atoms with van der Waals surface area (Å²) in [7, 11) is 0. The third-order valence-electron chi connectivity index (χ3n) is 7.84. The summed E-state index contributed by atoms with van der Waals surface area (Å²) in [6, 6.07) is 11.3. The molecule has 2 aromatic rings. The van der Waals surface area contributed by atoms with Gasteiger partial charge in [-0.25, -0.2) is 0 Å². The maximum Gasteiger partial charge on any atom is 0.261 e. The van der Waals surface area contributed by atoms with Crippen LogP contribution in [0.4, 0.5) is 0 Å². The van der Waals surface area contributed by atoms with Crippen LogP contribution in [0, 0.1) is 5.92 Å². The zero-order valence-corrected chi connectivity index (χ0v) is 19.9. The second-order valence-corrected chi connectivity index (χ2v) is 10.2. The smallest absolute Gasteiger partial charge is 0.261 e. The second kappa shape index (κ2) is 10.3. The van der Waals surface area contributed by atoms with Gasteiger partial charge in [0.1, 0.15) is 0 Å². The van der Waals surface area contributed by atoms with E-state index < -0.39 is 0 Å². The number of likely N-dealkylation sites (tertiary alicyclic amines) is 1. The number of carbonyl (C=O) groups excluding carboxylic acids is 3.